The minimum absolute atomic E-state index is 0.240. The van der Waals surface area contributed by atoms with Gasteiger partial charge in [-0.2, -0.15) is 0 Å². The topological polar surface area (TPSA) is 86.6 Å². The van der Waals surface area contributed by atoms with E-state index in [9.17, 15) is 0 Å². The molecule has 0 amide bonds. The summed E-state index contributed by atoms with van der Waals surface area (Å²) in [7, 11) is 0. The van der Waals surface area contributed by atoms with Crippen LogP contribution in [0.25, 0.3) is 60.5 Å². The zero-order valence-electron chi connectivity index (χ0n) is 25.7. The van der Waals surface area contributed by atoms with E-state index in [1.807, 2.05) is 48.7 Å². The van der Waals surface area contributed by atoms with Gasteiger partial charge in [-0.25, -0.2) is 0 Å². The maximum Gasteiger partial charge on any atom is 0.0795 e. The lowest BCUT2D eigenvalue weighted by Crippen LogP contribution is -2.09. The number of nitrogens with one attached hydrogen (secondary N) is 2. The molecule has 1 aliphatic carbocycles. The van der Waals surface area contributed by atoms with Crippen LogP contribution in [-0.4, -0.2) is 16.4 Å². The van der Waals surface area contributed by atoms with Gasteiger partial charge in [-0.05, 0) is 102 Å². The fraction of sp³-hybridized carbons (Fsp3) is 0. The van der Waals surface area contributed by atoms with Crippen molar-refractivity contribution in [3.05, 3.63) is 176 Å². The normalized spacial score (nSPS) is 12.5. The summed E-state index contributed by atoms with van der Waals surface area (Å²) in [5, 5.41) is 20.8. The van der Waals surface area contributed by atoms with Gasteiger partial charge in [0.15, 0.2) is 0 Å². The number of benzene rings is 6. The van der Waals surface area contributed by atoms with E-state index in [0.29, 0.717) is 0 Å². The number of allylic oxidation sites excluding steroid dienone is 4. The molecule has 0 bridgehead atoms. The third-order valence-corrected chi connectivity index (χ3v) is 8.41. The van der Waals surface area contributed by atoms with Gasteiger partial charge in [-0.15, -0.1) is 0 Å². The molecule has 0 fully saturated rings. The number of nitrogen functional groups attached to an aromatic ring is 1. The van der Waals surface area contributed by atoms with Gasteiger partial charge < -0.3 is 5.73 Å². The molecule has 1 heterocycles. The lowest BCUT2D eigenvalue weighted by atomic mass is 9.84. The molecule has 4 N–H and O–H groups in total. The van der Waals surface area contributed by atoms with Gasteiger partial charge >= 0.3 is 0 Å². The highest BCUT2D eigenvalue weighted by Gasteiger charge is 2.18. The Morgan fingerprint density at radius 3 is 1.60 bits per heavy atom. The summed E-state index contributed by atoms with van der Waals surface area (Å²) in [4.78, 5) is 4.05. The molecule has 8 rings (SSSR count). The van der Waals surface area contributed by atoms with Crippen LogP contribution < -0.4 is 5.73 Å². The van der Waals surface area contributed by atoms with E-state index in [2.05, 4.69) is 108 Å². The van der Waals surface area contributed by atoms with E-state index in [4.69, 9.17) is 16.6 Å². The number of aromatic nitrogens is 1. The van der Waals surface area contributed by atoms with Crippen LogP contribution in [0.5, 0.6) is 0 Å². The molecule has 47 heavy (non-hydrogen) atoms. The summed E-state index contributed by atoms with van der Waals surface area (Å²) >= 11 is 0. The molecule has 0 saturated heterocycles. The quantitative estimate of drug-likeness (QED) is 0.106. The van der Waals surface area contributed by atoms with Crippen LogP contribution in [-0.2, 0) is 0 Å². The first kappa shape index (κ1) is 29.3. The van der Waals surface area contributed by atoms with Crippen LogP contribution in [0.2, 0.25) is 0 Å². The SMILES string of the molecule is N=C1C=CC(c2ccc3c(-c4ccccc4)c4ccccc4c(-c4ccccc4)c3c2)=CC1=N.Nc1ccc(-c2cccnc2)cc1. The number of fused-ring (bicyclic) bond motifs is 2. The van der Waals surface area contributed by atoms with Crippen molar-refractivity contribution in [3.63, 3.8) is 0 Å². The smallest absolute Gasteiger partial charge is 0.0795 e. The van der Waals surface area contributed by atoms with Crippen LogP contribution in [0.4, 0.5) is 5.69 Å². The summed E-state index contributed by atoms with van der Waals surface area (Å²) in [6, 6.07) is 48.1. The Bertz CT molecular complexity index is 2300. The molecule has 1 aromatic heterocycles. The Balaban J connectivity index is 0.000000226. The molecule has 4 nitrogen and oxygen atoms in total. The van der Waals surface area contributed by atoms with Gasteiger partial charge in [0.2, 0.25) is 0 Å². The fourth-order valence-corrected chi connectivity index (χ4v) is 6.12. The number of hydrogen-bond acceptors (Lipinski definition) is 4. The average Bonchev–Trinajstić information content (AvgIpc) is 3.13. The van der Waals surface area contributed by atoms with Crippen molar-refractivity contribution in [1.29, 1.82) is 10.8 Å². The van der Waals surface area contributed by atoms with Gasteiger partial charge in [0, 0.05) is 18.1 Å². The molecule has 0 saturated carbocycles. The molecule has 0 atom stereocenters. The number of nitrogens with zero attached hydrogens (tertiary/aromatic N) is 1. The minimum Gasteiger partial charge on any atom is -0.399 e. The lowest BCUT2D eigenvalue weighted by molar-refractivity contribution is 1.33. The summed E-state index contributed by atoms with van der Waals surface area (Å²) in [6.07, 6.45) is 9.02. The monoisotopic (exact) mass is 604 g/mol. The molecule has 0 spiro atoms. The highest BCUT2D eigenvalue weighted by Crippen LogP contribution is 2.44. The summed E-state index contributed by atoms with van der Waals surface area (Å²) < 4.78 is 0. The Hall–Kier alpha value is -6.39. The molecule has 0 radical (unpaired) electrons. The van der Waals surface area contributed by atoms with Crippen LogP contribution in [0, 0.1) is 10.8 Å². The molecule has 224 valence electrons. The van der Waals surface area contributed by atoms with Crippen molar-refractivity contribution in [1.82, 2.24) is 4.98 Å². The number of nitrogens with two attached hydrogens (primary N) is 1. The Morgan fingerprint density at radius 1 is 0.447 bits per heavy atom. The molecule has 0 aliphatic heterocycles. The zero-order chi connectivity index (χ0) is 32.2. The predicted octanol–water partition coefficient (Wildman–Crippen LogP) is 10.7. The Kier molecular flexibility index (Phi) is 8.06. The first-order valence-electron chi connectivity index (χ1n) is 15.5. The van der Waals surface area contributed by atoms with Gasteiger partial charge in [0.1, 0.15) is 0 Å². The van der Waals surface area contributed by atoms with Gasteiger partial charge in [-0.3, -0.25) is 15.8 Å². The second-order valence-corrected chi connectivity index (χ2v) is 11.4. The Labute approximate surface area is 274 Å². The number of rotatable bonds is 4. The molecular weight excluding hydrogens is 573 g/mol. The van der Waals surface area contributed by atoms with Crippen LogP contribution in [0.3, 0.4) is 0 Å². The molecular formula is C43H32N4. The maximum absolute atomic E-state index is 8.12. The van der Waals surface area contributed by atoms with Gasteiger partial charge in [0.05, 0.1) is 11.4 Å². The number of hydrogen-bond donors (Lipinski definition) is 3. The maximum atomic E-state index is 8.12. The molecule has 6 aromatic carbocycles. The standard InChI is InChI=1S/C32H22N2.C11H10N2/c33-29-18-16-24(20-30(29)34)23-15-17-27-28(19-23)32(22-11-5-2-6-12-22)26-14-8-7-13-25(26)31(27)21-9-3-1-4-10-21;12-11-5-3-9(4-6-11)10-2-1-7-13-8-10/h1-20,33-34H;1-8H,12H2. The second kappa shape index (κ2) is 12.9. The first-order chi connectivity index (χ1) is 23.1. The van der Waals surface area contributed by atoms with Crippen LogP contribution >= 0.6 is 0 Å². The fourth-order valence-electron chi connectivity index (χ4n) is 6.12. The Morgan fingerprint density at radius 2 is 1.00 bits per heavy atom. The van der Waals surface area contributed by atoms with Crippen molar-refractivity contribution in [3.8, 4) is 33.4 Å². The first-order valence-corrected chi connectivity index (χ1v) is 15.5. The number of anilines is 1. The third-order valence-electron chi connectivity index (χ3n) is 8.41. The van der Waals surface area contributed by atoms with E-state index >= 15 is 0 Å². The highest BCUT2D eigenvalue weighted by atomic mass is 14.6. The average molecular weight is 605 g/mol. The molecule has 4 heteroatoms. The molecule has 7 aromatic rings. The lowest BCUT2D eigenvalue weighted by Gasteiger charge is -2.19. The van der Waals surface area contributed by atoms with E-state index in [1.165, 1.54) is 43.8 Å². The largest absolute Gasteiger partial charge is 0.399 e. The molecule has 1 aliphatic rings. The number of pyridine rings is 1. The third kappa shape index (κ3) is 6.00. The van der Waals surface area contributed by atoms with E-state index in [1.54, 1.807) is 18.3 Å². The predicted molar refractivity (Wildman–Crippen MR) is 199 cm³/mol. The van der Waals surface area contributed by atoms with Crippen molar-refractivity contribution in [2.45, 2.75) is 0 Å². The summed E-state index contributed by atoms with van der Waals surface area (Å²) in [5.41, 5.74) is 16.0. The van der Waals surface area contributed by atoms with E-state index in [0.717, 1.165) is 28.0 Å². The van der Waals surface area contributed by atoms with Crippen LogP contribution in [0.1, 0.15) is 5.56 Å². The zero-order valence-corrected chi connectivity index (χ0v) is 25.7. The van der Waals surface area contributed by atoms with E-state index < -0.39 is 0 Å². The molecule has 0 unspecified atom stereocenters. The van der Waals surface area contributed by atoms with E-state index in [-0.39, 0.29) is 11.4 Å². The van der Waals surface area contributed by atoms with Crippen molar-refractivity contribution in [2.24, 2.45) is 0 Å². The second-order valence-electron chi connectivity index (χ2n) is 11.4. The summed E-state index contributed by atoms with van der Waals surface area (Å²) in [5.74, 6) is 0. The van der Waals surface area contributed by atoms with Crippen molar-refractivity contribution >= 4 is 44.2 Å². The van der Waals surface area contributed by atoms with Gasteiger partial charge in [0.25, 0.3) is 0 Å². The van der Waals surface area contributed by atoms with Crippen molar-refractivity contribution in [2.75, 3.05) is 5.73 Å². The summed E-state index contributed by atoms with van der Waals surface area (Å²) in [6.45, 7) is 0. The minimum atomic E-state index is 0.240. The van der Waals surface area contributed by atoms with Crippen molar-refractivity contribution < 1.29 is 0 Å². The highest BCUT2D eigenvalue weighted by molar-refractivity contribution is 6.50. The van der Waals surface area contributed by atoms with Crippen LogP contribution in [0.15, 0.2) is 170 Å². The van der Waals surface area contributed by atoms with Gasteiger partial charge in [-0.1, -0.05) is 121 Å².